The van der Waals surface area contributed by atoms with Crippen LogP contribution in [0.25, 0.3) is 22.5 Å². The zero-order valence-corrected chi connectivity index (χ0v) is 17.3. The van der Waals surface area contributed by atoms with Crippen LogP contribution in [0.5, 0.6) is 0 Å². The number of hydrogen-bond donors (Lipinski definition) is 1. The van der Waals surface area contributed by atoms with E-state index in [1.807, 2.05) is 6.07 Å². The van der Waals surface area contributed by atoms with Crippen LogP contribution in [0.2, 0.25) is 0 Å². The number of aryl methyl sites for hydroxylation is 1. The molecule has 10 heteroatoms. The number of carbonyl (C=O) groups excluding carboxylic acids is 1. The molecular weight excluding hydrogens is 412 g/mol. The highest BCUT2D eigenvalue weighted by Crippen LogP contribution is 2.36. The van der Waals surface area contributed by atoms with Gasteiger partial charge in [0.25, 0.3) is 5.56 Å². The Morgan fingerprint density at radius 2 is 1.97 bits per heavy atom. The molecule has 1 amide bonds. The summed E-state index contributed by atoms with van der Waals surface area (Å²) < 4.78 is 9.87. The second-order valence-electron chi connectivity index (χ2n) is 7.77. The summed E-state index contributed by atoms with van der Waals surface area (Å²) in [6, 6.07) is 10.8. The van der Waals surface area contributed by atoms with E-state index in [0.29, 0.717) is 22.5 Å². The van der Waals surface area contributed by atoms with Gasteiger partial charge in [0.1, 0.15) is 0 Å². The Morgan fingerprint density at radius 1 is 1.12 bits per heavy atom. The van der Waals surface area contributed by atoms with Gasteiger partial charge in [-0.15, -0.1) is 5.10 Å². The molecular formula is C22H22N6O4. The number of para-hydroxylation sites is 1. The van der Waals surface area contributed by atoms with Crippen molar-refractivity contribution in [3.63, 3.8) is 0 Å². The lowest BCUT2D eigenvalue weighted by Gasteiger charge is -2.07. The number of amides is 1. The third kappa shape index (κ3) is 3.86. The number of nitrogens with zero attached hydrogens (tertiary/aromatic N) is 5. The summed E-state index contributed by atoms with van der Waals surface area (Å²) in [6.07, 6.45) is 5.02. The maximum Gasteiger partial charge on any atom is 0.346 e. The molecule has 1 aliphatic rings. The topological polar surface area (TPSA) is 117 Å². The van der Waals surface area contributed by atoms with Gasteiger partial charge in [-0.05, 0) is 37.1 Å². The van der Waals surface area contributed by atoms with E-state index in [4.69, 9.17) is 4.42 Å². The fourth-order valence-electron chi connectivity index (χ4n) is 3.68. The molecule has 3 aromatic heterocycles. The monoisotopic (exact) mass is 434 g/mol. The van der Waals surface area contributed by atoms with E-state index < -0.39 is 0 Å². The van der Waals surface area contributed by atoms with Crippen molar-refractivity contribution < 1.29 is 9.21 Å². The van der Waals surface area contributed by atoms with Gasteiger partial charge in [-0.3, -0.25) is 18.7 Å². The second kappa shape index (κ2) is 8.29. The van der Waals surface area contributed by atoms with Gasteiger partial charge in [0.05, 0.1) is 30.0 Å². The van der Waals surface area contributed by atoms with Crippen LogP contribution in [0.4, 0.5) is 0 Å². The maximum absolute atomic E-state index is 12.8. The van der Waals surface area contributed by atoms with Crippen LogP contribution in [0.15, 0.2) is 63.0 Å². The highest BCUT2D eigenvalue weighted by Gasteiger charge is 2.31. The van der Waals surface area contributed by atoms with Gasteiger partial charge < -0.3 is 9.73 Å². The van der Waals surface area contributed by atoms with Crippen LogP contribution >= 0.6 is 0 Å². The molecule has 1 fully saturated rings. The van der Waals surface area contributed by atoms with Crippen LogP contribution in [-0.2, 0) is 17.9 Å². The van der Waals surface area contributed by atoms with Crippen LogP contribution in [0.3, 0.4) is 0 Å². The number of fused-ring (bicyclic) bond motifs is 1. The lowest BCUT2D eigenvalue weighted by molar-refractivity contribution is -0.121. The maximum atomic E-state index is 12.8. The highest BCUT2D eigenvalue weighted by molar-refractivity contribution is 5.77. The van der Waals surface area contributed by atoms with Gasteiger partial charge in [-0.25, -0.2) is 14.5 Å². The Labute approximate surface area is 182 Å². The van der Waals surface area contributed by atoms with Crippen molar-refractivity contribution in [1.29, 1.82) is 0 Å². The van der Waals surface area contributed by atoms with E-state index in [9.17, 15) is 14.4 Å². The van der Waals surface area contributed by atoms with Gasteiger partial charge >= 0.3 is 5.69 Å². The Hall–Kier alpha value is -3.95. The first-order chi connectivity index (χ1) is 15.6. The summed E-state index contributed by atoms with van der Waals surface area (Å²) in [5.74, 6) is 0.842. The van der Waals surface area contributed by atoms with E-state index >= 15 is 0 Å². The Morgan fingerprint density at radius 3 is 2.75 bits per heavy atom. The van der Waals surface area contributed by atoms with E-state index in [1.54, 1.807) is 41.2 Å². The first-order valence-electron chi connectivity index (χ1n) is 10.6. The van der Waals surface area contributed by atoms with Gasteiger partial charge in [0.15, 0.2) is 5.76 Å². The first-order valence-corrected chi connectivity index (χ1v) is 10.6. The van der Waals surface area contributed by atoms with Crippen LogP contribution < -0.4 is 16.6 Å². The molecule has 10 nitrogen and oxygen atoms in total. The normalized spacial score (nSPS) is 13.5. The minimum atomic E-state index is -0.217. The van der Waals surface area contributed by atoms with E-state index in [1.165, 1.54) is 15.6 Å². The Bertz CT molecular complexity index is 1380. The lowest BCUT2D eigenvalue weighted by Crippen LogP contribution is -2.33. The number of carbonyl (C=O) groups is 1. The highest BCUT2D eigenvalue weighted by atomic mass is 16.3. The molecule has 0 spiro atoms. The van der Waals surface area contributed by atoms with Crippen LogP contribution in [0.1, 0.15) is 25.3 Å². The van der Waals surface area contributed by atoms with Gasteiger partial charge in [-0.2, -0.15) is 0 Å². The van der Waals surface area contributed by atoms with Crippen molar-refractivity contribution in [2.75, 3.05) is 6.54 Å². The molecule has 0 saturated heterocycles. The molecule has 1 saturated carbocycles. The van der Waals surface area contributed by atoms with Crippen molar-refractivity contribution in [3.8, 4) is 11.6 Å². The van der Waals surface area contributed by atoms with Crippen molar-refractivity contribution in [2.24, 2.45) is 0 Å². The molecule has 32 heavy (non-hydrogen) atoms. The summed E-state index contributed by atoms with van der Waals surface area (Å²) in [4.78, 5) is 41.8. The number of furan rings is 1. The molecule has 0 atom stereocenters. The number of nitrogens with one attached hydrogen (secondary N) is 1. The third-order valence-corrected chi connectivity index (χ3v) is 5.48. The van der Waals surface area contributed by atoms with Gasteiger partial charge in [0, 0.05) is 25.6 Å². The molecule has 1 aliphatic carbocycles. The Balaban J connectivity index is 1.20. The summed E-state index contributed by atoms with van der Waals surface area (Å²) in [5, 5.41) is 7.72. The summed E-state index contributed by atoms with van der Waals surface area (Å²) in [7, 11) is 0. The number of hydrogen-bond acceptors (Lipinski definition) is 6. The van der Waals surface area contributed by atoms with Crippen LogP contribution in [0, 0.1) is 0 Å². The van der Waals surface area contributed by atoms with Crippen molar-refractivity contribution in [1.82, 2.24) is 29.2 Å². The molecule has 0 aliphatic heterocycles. The number of benzene rings is 1. The predicted octanol–water partition coefficient (Wildman–Crippen LogP) is 1.56. The zero-order valence-electron chi connectivity index (χ0n) is 17.3. The smallest absolute Gasteiger partial charge is 0.346 e. The minimum absolute atomic E-state index is 0.128. The standard InChI is InChI=1S/C22H22N6O4/c29-19(9-11-26-14-24-17-5-2-1-4-16(17)21(26)30)23-10-12-27-22(31)28(15-7-8-15)20(25-27)18-6-3-13-32-18/h1-6,13-15H,7-12H2,(H,23,29). The number of aromatic nitrogens is 5. The second-order valence-corrected chi connectivity index (χ2v) is 7.77. The third-order valence-electron chi connectivity index (χ3n) is 5.48. The van der Waals surface area contributed by atoms with Crippen molar-refractivity contribution in [3.05, 3.63) is 69.8 Å². The lowest BCUT2D eigenvalue weighted by atomic mass is 10.2. The first kappa shape index (κ1) is 20.0. The molecule has 3 heterocycles. The SMILES string of the molecule is O=C(CCn1cnc2ccccc2c1=O)NCCn1nc(-c2ccco2)n(C2CC2)c1=O. The Kier molecular flexibility index (Phi) is 5.18. The fourth-order valence-corrected chi connectivity index (χ4v) is 3.68. The summed E-state index contributed by atoms with van der Waals surface area (Å²) >= 11 is 0. The summed E-state index contributed by atoms with van der Waals surface area (Å²) in [5.41, 5.74) is 0.246. The molecule has 5 rings (SSSR count). The minimum Gasteiger partial charge on any atom is -0.461 e. The van der Waals surface area contributed by atoms with Crippen molar-refractivity contribution in [2.45, 2.75) is 38.4 Å². The molecule has 164 valence electrons. The molecule has 0 unspecified atom stereocenters. The number of rotatable bonds is 8. The molecule has 0 bridgehead atoms. The average molecular weight is 434 g/mol. The molecule has 1 aromatic carbocycles. The molecule has 0 radical (unpaired) electrons. The largest absolute Gasteiger partial charge is 0.461 e. The van der Waals surface area contributed by atoms with E-state index in [2.05, 4.69) is 15.4 Å². The van der Waals surface area contributed by atoms with Gasteiger partial charge in [-0.1, -0.05) is 12.1 Å². The average Bonchev–Trinajstić information content (AvgIpc) is 3.37. The zero-order chi connectivity index (χ0) is 22.1. The van der Waals surface area contributed by atoms with Crippen molar-refractivity contribution >= 4 is 16.8 Å². The van der Waals surface area contributed by atoms with Gasteiger partial charge in [0.2, 0.25) is 11.7 Å². The quantitative estimate of drug-likeness (QED) is 0.450. The fraction of sp³-hybridized carbons (Fsp3) is 0.318. The van der Waals surface area contributed by atoms with Crippen LogP contribution in [-0.4, -0.2) is 36.4 Å². The van der Waals surface area contributed by atoms with E-state index in [-0.39, 0.29) is 49.3 Å². The molecule has 1 N–H and O–H groups in total. The predicted molar refractivity (Wildman–Crippen MR) is 116 cm³/mol. The summed E-state index contributed by atoms with van der Waals surface area (Å²) in [6.45, 7) is 0.722. The molecule has 4 aromatic rings. The van der Waals surface area contributed by atoms with E-state index in [0.717, 1.165) is 12.8 Å².